The molecule has 1 heterocycles. The van der Waals surface area contributed by atoms with Gasteiger partial charge in [0.05, 0.1) is 12.3 Å². The zero-order valence-electron chi connectivity index (χ0n) is 8.13. The van der Waals surface area contributed by atoms with Gasteiger partial charge in [-0.3, -0.25) is 0 Å². The lowest BCUT2D eigenvalue weighted by Gasteiger charge is -2.13. The van der Waals surface area contributed by atoms with Crippen LogP contribution in [0.1, 0.15) is 26.7 Å². The fourth-order valence-corrected chi connectivity index (χ4v) is 1.33. The fraction of sp³-hybridized carbons (Fsp3) is 0.556. The van der Waals surface area contributed by atoms with Gasteiger partial charge >= 0.3 is 0 Å². The summed E-state index contributed by atoms with van der Waals surface area (Å²) in [6.07, 6.45) is 3.53. The van der Waals surface area contributed by atoms with Crippen molar-refractivity contribution in [3.05, 3.63) is 16.5 Å². The van der Waals surface area contributed by atoms with Crippen molar-refractivity contribution >= 4 is 23.2 Å². The van der Waals surface area contributed by atoms with E-state index in [1.807, 2.05) is 6.92 Å². The highest BCUT2D eigenvalue weighted by atomic mass is 35.5. The predicted molar refractivity (Wildman–Crippen MR) is 57.1 cm³/mol. The van der Waals surface area contributed by atoms with Crippen molar-refractivity contribution in [2.75, 3.05) is 0 Å². The summed E-state index contributed by atoms with van der Waals surface area (Å²) in [6, 6.07) is 0. The Morgan fingerprint density at radius 2 is 2.21 bits per heavy atom. The van der Waals surface area contributed by atoms with E-state index in [0.717, 1.165) is 12.8 Å². The van der Waals surface area contributed by atoms with Gasteiger partial charge in [0.25, 0.3) is 0 Å². The van der Waals surface area contributed by atoms with Gasteiger partial charge in [0.1, 0.15) is 5.02 Å². The highest BCUT2D eigenvalue weighted by Crippen LogP contribution is 2.23. The molecule has 0 bridgehead atoms. The molecule has 3 nitrogen and oxygen atoms in total. The minimum atomic E-state index is 0.0865. The van der Waals surface area contributed by atoms with Gasteiger partial charge < -0.3 is 4.74 Å². The first-order valence-electron chi connectivity index (χ1n) is 4.48. The molecule has 0 spiro atoms. The molecule has 0 saturated heterocycles. The molecule has 5 heteroatoms. The van der Waals surface area contributed by atoms with E-state index in [2.05, 4.69) is 16.9 Å². The molecule has 1 aromatic rings. The minimum Gasteiger partial charge on any atom is -0.473 e. The van der Waals surface area contributed by atoms with Crippen LogP contribution in [0.15, 0.2) is 6.20 Å². The quantitative estimate of drug-likeness (QED) is 0.750. The van der Waals surface area contributed by atoms with Crippen LogP contribution in [-0.2, 0) is 0 Å². The maximum Gasteiger partial charge on any atom is 0.237 e. The number of rotatable bonds is 4. The van der Waals surface area contributed by atoms with Gasteiger partial charge in [-0.15, -0.1) is 0 Å². The molecule has 0 N–H and O–H groups in total. The Bertz CT molecular complexity index is 307. The van der Waals surface area contributed by atoms with E-state index in [-0.39, 0.29) is 11.4 Å². The van der Waals surface area contributed by atoms with Crippen LogP contribution < -0.4 is 4.74 Å². The van der Waals surface area contributed by atoms with Crippen molar-refractivity contribution in [3.8, 4) is 5.88 Å². The monoisotopic (exact) mass is 234 g/mol. The molecule has 14 heavy (non-hydrogen) atoms. The van der Waals surface area contributed by atoms with Crippen LogP contribution in [0.4, 0.5) is 0 Å². The standard InChI is InChI=1S/C9H12Cl2N2O/c1-3-4-6(2)14-8-7(10)5-12-9(11)13-8/h5-6H,3-4H2,1-2H3. The Kier molecular flexibility index (Phi) is 4.42. The highest BCUT2D eigenvalue weighted by Gasteiger charge is 2.09. The van der Waals surface area contributed by atoms with Crippen molar-refractivity contribution in [2.24, 2.45) is 0 Å². The second kappa shape index (κ2) is 5.37. The smallest absolute Gasteiger partial charge is 0.237 e. The number of halogens is 2. The van der Waals surface area contributed by atoms with Gasteiger partial charge in [-0.05, 0) is 24.9 Å². The Labute approximate surface area is 93.4 Å². The molecule has 1 rings (SSSR count). The maximum absolute atomic E-state index is 5.83. The first kappa shape index (κ1) is 11.5. The lowest BCUT2D eigenvalue weighted by molar-refractivity contribution is 0.201. The van der Waals surface area contributed by atoms with E-state index in [1.165, 1.54) is 6.20 Å². The van der Waals surface area contributed by atoms with Crippen molar-refractivity contribution in [1.29, 1.82) is 0 Å². The summed E-state index contributed by atoms with van der Waals surface area (Å²) in [4.78, 5) is 7.63. The highest BCUT2D eigenvalue weighted by molar-refractivity contribution is 6.32. The SMILES string of the molecule is CCCC(C)Oc1nc(Cl)ncc1Cl. The van der Waals surface area contributed by atoms with Crippen LogP contribution in [-0.4, -0.2) is 16.1 Å². The summed E-state index contributed by atoms with van der Waals surface area (Å²) in [5.74, 6) is 0.354. The van der Waals surface area contributed by atoms with Gasteiger partial charge in [0, 0.05) is 0 Å². The van der Waals surface area contributed by atoms with Crippen LogP contribution in [0.2, 0.25) is 10.3 Å². The normalized spacial score (nSPS) is 12.6. The average molecular weight is 235 g/mol. The topological polar surface area (TPSA) is 35.0 Å². The largest absolute Gasteiger partial charge is 0.473 e. The zero-order valence-corrected chi connectivity index (χ0v) is 9.64. The molecule has 1 aromatic heterocycles. The van der Waals surface area contributed by atoms with E-state index >= 15 is 0 Å². The molecule has 0 radical (unpaired) electrons. The van der Waals surface area contributed by atoms with Crippen molar-refractivity contribution in [2.45, 2.75) is 32.8 Å². The van der Waals surface area contributed by atoms with Crippen molar-refractivity contribution in [1.82, 2.24) is 9.97 Å². The summed E-state index contributed by atoms with van der Waals surface area (Å²) in [6.45, 7) is 4.06. The third kappa shape index (κ3) is 3.31. The Morgan fingerprint density at radius 1 is 1.50 bits per heavy atom. The Balaban J connectivity index is 2.70. The predicted octanol–water partition coefficient (Wildman–Crippen LogP) is 3.35. The van der Waals surface area contributed by atoms with E-state index in [4.69, 9.17) is 27.9 Å². The molecular weight excluding hydrogens is 223 g/mol. The van der Waals surface area contributed by atoms with E-state index in [1.54, 1.807) is 0 Å². The molecule has 0 aliphatic rings. The molecule has 0 aliphatic carbocycles. The number of aromatic nitrogens is 2. The summed E-state index contributed by atoms with van der Waals surface area (Å²) in [5.41, 5.74) is 0. The zero-order chi connectivity index (χ0) is 10.6. The van der Waals surface area contributed by atoms with Crippen LogP contribution in [0.3, 0.4) is 0 Å². The van der Waals surface area contributed by atoms with Gasteiger partial charge in [0.2, 0.25) is 11.2 Å². The first-order valence-corrected chi connectivity index (χ1v) is 5.23. The Hall–Kier alpha value is -0.540. The van der Waals surface area contributed by atoms with Crippen LogP contribution >= 0.6 is 23.2 Å². The first-order chi connectivity index (χ1) is 6.63. The third-order valence-electron chi connectivity index (χ3n) is 1.69. The summed E-state index contributed by atoms with van der Waals surface area (Å²) < 4.78 is 5.50. The summed E-state index contributed by atoms with van der Waals surface area (Å²) in [7, 11) is 0. The summed E-state index contributed by atoms with van der Waals surface area (Å²) >= 11 is 11.4. The summed E-state index contributed by atoms with van der Waals surface area (Å²) in [5, 5.41) is 0.533. The molecule has 78 valence electrons. The van der Waals surface area contributed by atoms with E-state index in [9.17, 15) is 0 Å². The van der Waals surface area contributed by atoms with Crippen molar-refractivity contribution in [3.63, 3.8) is 0 Å². The molecule has 1 unspecified atom stereocenters. The molecule has 0 aliphatic heterocycles. The van der Waals surface area contributed by atoms with Crippen molar-refractivity contribution < 1.29 is 4.74 Å². The lowest BCUT2D eigenvalue weighted by atomic mass is 10.2. The average Bonchev–Trinajstić information content (AvgIpc) is 2.12. The molecule has 0 fully saturated rings. The molecule has 1 atom stereocenters. The van der Waals surface area contributed by atoms with Gasteiger partial charge in [-0.25, -0.2) is 4.98 Å². The lowest BCUT2D eigenvalue weighted by Crippen LogP contribution is -2.12. The third-order valence-corrected chi connectivity index (χ3v) is 2.13. The molecule has 0 saturated carbocycles. The molecular formula is C9H12Cl2N2O. The van der Waals surface area contributed by atoms with E-state index < -0.39 is 0 Å². The Morgan fingerprint density at radius 3 is 2.86 bits per heavy atom. The fourth-order valence-electron chi connectivity index (χ4n) is 1.07. The van der Waals surface area contributed by atoms with Gasteiger partial charge in [-0.2, -0.15) is 4.98 Å². The van der Waals surface area contributed by atoms with Gasteiger partial charge in [0.15, 0.2) is 0 Å². The maximum atomic E-state index is 5.83. The van der Waals surface area contributed by atoms with Crippen LogP contribution in [0.25, 0.3) is 0 Å². The van der Waals surface area contributed by atoms with E-state index in [0.29, 0.717) is 10.9 Å². The number of ether oxygens (including phenoxy) is 1. The second-order valence-electron chi connectivity index (χ2n) is 3.01. The van der Waals surface area contributed by atoms with Gasteiger partial charge in [-0.1, -0.05) is 24.9 Å². The molecule has 0 amide bonds. The van der Waals surface area contributed by atoms with Crippen LogP contribution in [0.5, 0.6) is 5.88 Å². The molecule has 0 aromatic carbocycles. The second-order valence-corrected chi connectivity index (χ2v) is 3.75. The number of hydrogen-bond acceptors (Lipinski definition) is 3. The number of hydrogen-bond donors (Lipinski definition) is 0. The van der Waals surface area contributed by atoms with Crippen LogP contribution in [0, 0.1) is 0 Å². The number of nitrogens with zero attached hydrogens (tertiary/aromatic N) is 2. The minimum absolute atomic E-state index is 0.0865.